The van der Waals surface area contributed by atoms with E-state index in [1.807, 2.05) is 25.2 Å². The number of hydrogen-bond donors (Lipinski definition) is 0. The predicted molar refractivity (Wildman–Crippen MR) is 55.5 cm³/mol. The van der Waals surface area contributed by atoms with Crippen LogP contribution in [0.25, 0.3) is 0 Å². The molecule has 5 nitrogen and oxygen atoms in total. The van der Waals surface area contributed by atoms with Gasteiger partial charge in [0.2, 0.25) is 6.29 Å². The summed E-state index contributed by atoms with van der Waals surface area (Å²) in [6.45, 7) is 3.22. The van der Waals surface area contributed by atoms with Gasteiger partial charge in [0, 0.05) is 6.92 Å². The van der Waals surface area contributed by atoms with E-state index in [9.17, 15) is 4.79 Å². The maximum atomic E-state index is 10.9. The molecule has 2 aliphatic rings. The summed E-state index contributed by atoms with van der Waals surface area (Å²) in [5.74, 6) is -0.423. The molecule has 0 spiro atoms. The van der Waals surface area contributed by atoms with Crippen LogP contribution in [0.15, 0.2) is 23.9 Å². The van der Waals surface area contributed by atoms with Gasteiger partial charge in [0.05, 0.1) is 0 Å². The van der Waals surface area contributed by atoms with Crippen molar-refractivity contribution >= 4 is 5.97 Å². The number of rotatable bonds is 4. The van der Waals surface area contributed by atoms with Gasteiger partial charge in [-0.2, -0.15) is 0 Å². The van der Waals surface area contributed by atoms with Crippen LogP contribution in [-0.4, -0.2) is 23.6 Å². The lowest BCUT2D eigenvalue weighted by Gasteiger charge is -2.22. The van der Waals surface area contributed by atoms with Crippen molar-refractivity contribution < 1.29 is 19.2 Å². The summed E-state index contributed by atoms with van der Waals surface area (Å²) in [6, 6.07) is 0. The van der Waals surface area contributed by atoms with Gasteiger partial charge in [-0.1, -0.05) is 17.4 Å². The van der Waals surface area contributed by atoms with Crippen LogP contribution < -0.4 is 0 Å². The molecule has 1 fully saturated rings. The molecule has 0 radical (unpaired) electrons. The van der Waals surface area contributed by atoms with Gasteiger partial charge in [-0.3, -0.25) is 0 Å². The first kappa shape index (κ1) is 11.2. The second kappa shape index (κ2) is 4.67. The fourth-order valence-corrected chi connectivity index (χ4v) is 1.36. The first-order valence-electron chi connectivity index (χ1n) is 5.34. The minimum Gasteiger partial charge on any atom is -0.339 e. The number of carbonyl (C=O) groups is 1. The maximum absolute atomic E-state index is 10.9. The molecule has 0 aromatic rings. The molecular formula is C11H15NO4. The fourth-order valence-electron chi connectivity index (χ4n) is 1.36. The molecule has 2 unspecified atom stereocenters. The number of carbonyl (C=O) groups excluding carboxylic acids is 1. The van der Waals surface area contributed by atoms with Crippen molar-refractivity contribution in [2.75, 3.05) is 0 Å². The lowest BCUT2D eigenvalue weighted by molar-refractivity contribution is -0.337. The summed E-state index contributed by atoms with van der Waals surface area (Å²) in [4.78, 5) is 21.3. The summed E-state index contributed by atoms with van der Waals surface area (Å²) in [5, 5.41) is 1.13. The predicted octanol–water partition coefficient (Wildman–Crippen LogP) is 1.68. The third-order valence-electron chi connectivity index (χ3n) is 2.25. The topological polar surface area (TPSA) is 51.3 Å². The lowest BCUT2D eigenvalue weighted by atomic mass is 10.1. The number of ether oxygens (including phenoxy) is 1. The SMILES string of the molecule is CC(=O)ON(OC1OC1C)C1=CCCC=C1. The smallest absolute Gasteiger partial charge is 0.332 e. The third kappa shape index (κ3) is 2.84. The summed E-state index contributed by atoms with van der Waals surface area (Å²) in [5.41, 5.74) is 0.726. The van der Waals surface area contributed by atoms with Crippen molar-refractivity contribution in [2.24, 2.45) is 0 Å². The first-order chi connectivity index (χ1) is 7.66. The van der Waals surface area contributed by atoms with Gasteiger partial charge in [-0.15, -0.1) is 0 Å². The van der Waals surface area contributed by atoms with Crippen LogP contribution >= 0.6 is 0 Å². The van der Waals surface area contributed by atoms with Gasteiger partial charge in [0.15, 0.2) is 0 Å². The second-order valence-electron chi connectivity index (χ2n) is 3.76. The number of nitrogens with zero attached hydrogens (tertiary/aromatic N) is 1. The molecule has 0 amide bonds. The van der Waals surface area contributed by atoms with Gasteiger partial charge in [0.1, 0.15) is 11.8 Å². The largest absolute Gasteiger partial charge is 0.339 e. The van der Waals surface area contributed by atoms with Crippen LogP contribution in [0.2, 0.25) is 0 Å². The van der Waals surface area contributed by atoms with E-state index in [1.54, 1.807) is 0 Å². The van der Waals surface area contributed by atoms with E-state index >= 15 is 0 Å². The standard InChI is InChI=1S/C11H15NO4/c1-8-11(14-8)16-12(15-9(2)13)10-6-4-3-5-7-10/h4,6-8,11H,3,5H2,1-2H3. The van der Waals surface area contributed by atoms with Crippen LogP contribution in [0.4, 0.5) is 0 Å². The molecule has 1 aliphatic heterocycles. The van der Waals surface area contributed by atoms with Gasteiger partial charge < -0.3 is 9.57 Å². The zero-order valence-corrected chi connectivity index (χ0v) is 9.38. The van der Waals surface area contributed by atoms with Crippen LogP contribution in [-0.2, 0) is 19.2 Å². The number of allylic oxidation sites excluding steroid dienone is 3. The summed E-state index contributed by atoms with van der Waals surface area (Å²) in [6.07, 6.45) is 7.45. The van der Waals surface area contributed by atoms with Crippen LogP contribution in [0, 0.1) is 0 Å². The van der Waals surface area contributed by atoms with Gasteiger partial charge in [-0.25, -0.2) is 9.63 Å². The molecule has 1 aliphatic carbocycles. The highest BCUT2D eigenvalue weighted by atomic mass is 17.0. The Bertz CT molecular complexity index is 337. The van der Waals surface area contributed by atoms with Crippen molar-refractivity contribution in [3.8, 4) is 0 Å². The molecule has 2 rings (SSSR count). The van der Waals surface area contributed by atoms with E-state index in [2.05, 4.69) is 0 Å². The summed E-state index contributed by atoms with van der Waals surface area (Å²) in [7, 11) is 0. The van der Waals surface area contributed by atoms with Gasteiger partial charge >= 0.3 is 5.97 Å². The van der Waals surface area contributed by atoms with E-state index in [0.29, 0.717) is 0 Å². The Hall–Kier alpha value is -1.33. The zero-order valence-electron chi connectivity index (χ0n) is 9.38. The molecule has 88 valence electrons. The molecule has 16 heavy (non-hydrogen) atoms. The van der Waals surface area contributed by atoms with E-state index in [1.165, 1.54) is 6.92 Å². The minimum atomic E-state index is -0.423. The van der Waals surface area contributed by atoms with E-state index in [0.717, 1.165) is 23.8 Å². The molecule has 0 bridgehead atoms. The Labute approximate surface area is 94.2 Å². The third-order valence-corrected chi connectivity index (χ3v) is 2.25. The van der Waals surface area contributed by atoms with Crippen LogP contribution in [0.3, 0.4) is 0 Å². The highest BCUT2D eigenvalue weighted by molar-refractivity contribution is 5.65. The molecule has 0 aromatic carbocycles. The number of hydroxylamine groups is 2. The first-order valence-corrected chi connectivity index (χ1v) is 5.34. The minimum absolute atomic E-state index is 0.0474. The Balaban J connectivity index is 1.98. The van der Waals surface area contributed by atoms with E-state index in [-0.39, 0.29) is 12.4 Å². The molecule has 1 saturated heterocycles. The van der Waals surface area contributed by atoms with Crippen LogP contribution in [0.1, 0.15) is 26.7 Å². The molecule has 0 aromatic heterocycles. The summed E-state index contributed by atoms with van der Waals surface area (Å²) >= 11 is 0. The van der Waals surface area contributed by atoms with Gasteiger partial charge in [0.25, 0.3) is 0 Å². The highest BCUT2D eigenvalue weighted by Gasteiger charge is 2.39. The average molecular weight is 225 g/mol. The zero-order chi connectivity index (χ0) is 11.5. The number of hydrogen-bond acceptors (Lipinski definition) is 5. The summed E-state index contributed by atoms with van der Waals surface area (Å²) < 4.78 is 5.11. The van der Waals surface area contributed by atoms with Crippen molar-refractivity contribution in [3.05, 3.63) is 23.9 Å². The molecule has 0 saturated carbocycles. The normalized spacial score (nSPS) is 27.2. The molecule has 0 N–H and O–H groups in total. The van der Waals surface area contributed by atoms with Crippen molar-refractivity contribution in [3.63, 3.8) is 0 Å². The molecule has 2 atom stereocenters. The fraction of sp³-hybridized carbons (Fsp3) is 0.545. The monoisotopic (exact) mass is 225 g/mol. The Morgan fingerprint density at radius 3 is 2.81 bits per heavy atom. The molecule has 1 heterocycles. The Morgan fingerprint density at radius 1 is 1.56 bits per heavy atom. The van der Waals surface area contributed by atoms with Crippen LogP contribution in [0.5, 0.6) is 0 Å². The second-order valence-corrected chi connectivity index (χ2v) is 3.76. The van der Waals surface area contributed by atoms with E-state index < -0.39 is 5.97 Å². The van der Waals surface area contributed by atoms with Crippen molar-refractivity contribution in [1.29, 1.82) is 0 Å². The quantitative estimate of drug-likeness (QED) is 0.538. The Morgan fingerprint density at radius 2 is 2.31 bits per heavy atom. The van der Waals surface area contributed by atoms with E-state index in [4.69, 9.17) is 14.4 Å². The lowest BCUT2D eigenvalue weighted by Crippen LogP contribution is -2.27. The molecule has 5 heteroatoms. The average Bonchev–Trinajstić information content (AvgIpc) is 2.94. The van der Waals surface area contributed by atoms with Crippen molar-refractivity contribution in [2.45, 2.75) is 39.1 Å². The molecular weight excluding hydrogens is 210 g/mol. The number of epoxide rings is 1. The maximum Gasteiger partial charge on any atom is 0.332 e. The van der Waals surface area contributed by atoms with Crippen molar-refractivity contribution in [1.82, 2.24) is 5.23 Å². The highest BCUT2D eigenvalue weighted by Crippen LogP contribution is 2.26. The Kier molecular flexibility index (Phi) is 3.26. The van der Waals surface area contributed by atoms with Gasteiger partial charge in [-0.05, 0) is 25.8 Å².